The molecule has 3 aromatic heterocycles. The second-order valence-electron chi connectivity index (χ2n) is 16.9. The maximum absolute atomic E-state index is 6.80. The van der Waals surface area contributed by atoms with Crippen molar-refractivity contribution >= 4 is 21.8 Å². The Labute approximate surface area is 309 Å². The number of para-hydroxylation sites is 1. The summed E-state index contributed by atoms with van der Waals surface area (Å²) in [5.74, 6) is 2.86. The highest BCUT2D eigenvalue weighted by molar-refractivity contribution is 6.09. The van der Waals surface area contributed by atoms with Gasteiger partial charge in [-0.25, -0.2) is 9.67 Å². The first kappa shape index (κ1) is 35.3. The fourth-order valence-electron chi connectivity index (χ4n) is 7.56. The summed E-state index contributed by atoms with van der Waals surface area (Å²) in [7, 11) is 0. The number of benzene rings is 4. The SMILES string of the molecule is Cc1cc(C(C)(C)C)cc(C)c1-c1c(C)nn(-c2cc(Oc3ccc4c5ccccc5n(-c5cc(C(C)C)ccn5)c4c3)cc(C(C)(C)C)c2)c1C. The van der Waals surface area contributed by atoms with Crippen LogP contribution in [-0.4, -0.2) is 19.3 Å². The third-order valence-corrected chi connectivity index (χ3v) is 10.5. The second kappa shape index (κ2) is 12.8. The van der Waals surface area contributed by atoms with Crippen LogP contribution in [0.1, 0.15) is 101 Å². The van der Waals surface area contributed by atoms with Crippen LogP contribution in [0.5, 0.6) is 11.5 Å². The lowest BCUT2D eigenvalue weighted by Crippen LogP contribution is -2.13. The Morgan fingerprint density at radius 1 is 0.635 bits per heavy atom. The molecule has 0 fully saturated rings. The molecule has 0 saturated carbocycles. The van der Waals surface area contributed by atoms with Crippen molar-refractivity contribution in [3.8, 4) is 34.1 Å². The number of aryl methyl sites for hydroxylation is 3. The van der Waals surface area contributed by atoms with Crippen molar-refractivity contribution in [1.29, 1.82) is 0 Å². The van der Waals surface area contributed by atoms with Gasteiger partial charge in [0.2, 0.25) is 0 Å². The van der Waals surface area contributed by atoms with E-state index in [-0.39, 0.29) is 10.8 Å². The number of nitrogens with zero attached hydrogens (tertiary/aromatic N) is 4. The normalized spacial score (nSPS) is 12.4. The molecule has 0 N–H and O–H groups in total. The van der Waals surface area contributed by atoms with E-state index in [4.69, 9.17) is 14.8 Å². The zero-order chi connectivity index (χ0) is 37.3. The van der Waals surface area contributed by atoms with Crippen molar-refractivity contribution in [3.05, 3.63) is 130 Å². The van der Waals surface area contributed by atoms with Gasteiger partial charge in [-0.15, -0.1) is 0 Å². The molecule has 0 aliphatic rings. The molecule has 266 valence electrons. The molecule has 52 heavy (non-hydrogen) atoms. The van der Waals surface area contributed by atoms with Crippen molar-refractivity contribution in [2.24, 2.45) is 0 Å². The van der Waals surface area contributed by atoms with Crippen LogP contribution in [0.25, 0.3) is 44.4 Å². The van der Waals surface area contributed by atoms with Gasteiger partial charge < -0.3 is 4.74 Å². The molecule has 7 rings (SSSR count). The smallest absolute Gasteiger partial charge is 0.137 e. The second-order valence-corrected chi connectivity index (χ2v) is 16.9. The summed E-state index contributed by atoms with van der Waals surface area (Å²) in [5.41, 5.74) is 14.1. The number of pyridine rings is 1. The Kier molecular flexibility index (Phi) is 8.68. The Morgan fingerprint density at radius 2 is 1.29 bits per heavy atom. The summed E-state index contributed by atoms with van der Waals surface area (Å²) in [4.78, 5) is 4.84. The van der Waals surface area contributed by atoms with E-state index in [0.717, 1.165) is 45.4 Å². The molecule has 5 nitrogen and oxygen atoms in total. The van der Waals surface area contributed by atoms with Gasteiger partial charge >= 0.3 is 0 Å². The van der Waals surface area contributed by atoms with Gasteiger partial charge in [0.05, 0.1) is 22.4 Å². The zero-order valence-electron chi connectivity index (χ0n) is 32.9. The average molecular weight is 689 g/mol. The van der Waals surface area contributed by atoms with E-state index in [9.17, 15) is 0 Å². The average Bonchev–Trinajstić information content (AvgIpc) is 3.56. The minimum Gasteiger partial charge on any atom is -0.457 e. The van der Waals surface area contributed by atoms with E-state index >= 15 is 0 Å². The fraction of sp³-hybridized carbons (Fsp3) is 0.319. The van der Waals surface area contributed by atoms with Crippen LogP contribution in [0.15, 0.2) is 91.1 Å². The maximum Gasteiger partial charge on any atom is 0.137 e. The first-order valence-corrected chi connectivity index (χ1v) is 18.5. The number of fused-ring (bicyclic) bond motifs is 3. The predicted octanol–water partition coefficient (Wildman–Crippen LogP) is 12.8. The van der Waals surface area contributed by atoms with Crippen molar-refractivity contribution in [3.63, 3.8) is 0 Å². The summed E-state index contributed by atoms with van der Waals surface area (Å²) in [5, 5.41) is 7.52. The number of hydrogen-bond donors (Lipinski definition) is 0. The van der Waals surface area contributed by atoms with Gasteiger partial charge in [-0.3, -0.25) is 4.57 Å². The van der Waals surface area contributed by atoms with Gasteiger partial charge in [0.15, 0.2) is 0 Å². The lowest BCUT2D eigenvalue weighted by atomic mass is 9.82. The van der Waals surface area contributed by atoms with Gasteiger partial charge in [-0.1, -0.05) is 85.7 Å². The molecular weight excluding hydrogens is 637 g/mol. The Balaban J connectivity index is 1.34. The highest BCUT2D eigenvalue weighted by Crippen LogP contribution is 2.40. The summed E-state index contributed by atoms with van der Waals surface area (Å²) < 4.78 is 11.2. The molecule has 0 saturated heterocycles. The van der Waals surface area contributed by atoms with Gasteiger partial charge in [-0.2, -0.15) is 5.10 Å². The first-order chi connectivity index (χ1) is 24.5. The van der Waals surface area contributed by atoms with Crippen molar-refractivity contribution in [2.45, 2.75) is 99.8 Å². The highest BCUT2D eigenvalue weighted by Gasteiger charge is 2.24. The Bertz CT molecular complexity index is 2460. The highest BCUT2D eigenvalue weighted by atomic mass is 16.5. The lowest BCUT2D eigenvalue weighted by Gasteiger charge is -2.23. The van der Waals surface area contributed by atoms with Gasteiger partial charge in [0.1, 0.15) is 17.3 Å². The third kappa shape index (κ3) is 6.31. The van der Waals surface area contributed by atoms with Crippen molar-refractivity contribution < 1.29 is 4.74 Å². The summed E-state index contributed by atoms with van der Waals surface area (Å²) in [6.07, 6.45) is 1.92. The van der Waals surface area contributed by atoms with E-state index in [2.05, 4.69) is 177 Å². The van der Waals surface area contributed by atoms with E-state index in [1.807, 2.05) is 6.20 Å². The number of aromatic nitrogens is 4. The van der Waals surface area contributed by atoms with E-state index in [1.54, 1.807) is 0 Å². The number of rotatable bonds is 6. The van der Waals surface area contributed by atoms with E-state index in [0.29, 0.717) is 5.92 Å². The third-order valence-electron chi connectivity index (χ3n) is 10.5. The van der Waals surface area contributed by atoms with Crippen LogP contribution < -0.4 is 4.74 Å². The quantitative estimate of drug-likeness (QED) is 0.175. The zero-order valence-corrected chi connectivity index (χ0v) is 32.9. The number of ether oxygens (including phenoxy) is 1. The molecule has 0 bridgehead atoms. The molecule has 0 amide bonds. The van der Waals surface area contributed by atoms with Crippen LogP contribution in [0.2, 0.25) is 0 Å². The first-order valence-electron chi connectivity index (χ1n) is 18.5. The van der Waals surface area contributed by atoms with E-state index < -0.39 is 0 Å². The standard InChI is InChI=1S/C47H52N4O/c1-28(2)33-19-20-48-43(23-33)50-41-16-14-13-15-39(41)40-18-17-37(27-42(40)50)52-38-25-35(47(10,11)12)24-36(26-38)51-32(6)45(31(5)49-51)44-29(3)21-34(22-30(44)4)46(7,8)9/h13-28H,1-12H3. The Morgan fingerprint density at radius 3 is 1.96 bits per heavy atom. The molecule has 5 heteroatoms. The predicted molar refractivity (Wildman–Crippen MR) is 218 cm³/mol. The lowest BCUT2D eigenvalue weighted by molar-refractivity contribution is 0.478. The Hall–Kier alpha value is -5.16. The molecule has 0 spiro atoms. The molecule has 0 aliphatic carbocycles. The monoisotopic (exact) mass is 688 g/mol. The number of hydrogen-bond acceptors (Lipinski definition) is 3. The molecule has 0 atom stereocenters. The van der Waals surface area contributed by atoms with Crippen molar-refractivity contribution in [2.75, 3.05) is 0 Å². The van der Waals surface area contributed by atoms with Gasteiger partial charge in [0, 0.05) is 40.4 Å². The van der Waals surface area contributed by atoms with Gasteiger partial charge in [0.25, 0.3) is 0 Å². The summed E-state index contributed by atoms with van der Waals surface area (Å²) >= 11 is 0. The molecule has 0 radical (unpaired) electrons. The largest absolute Gasteiger partial charge is 0.457 e. The molecule has 0 unspecified atom stereocenters. The molecule has 7 aromatic rings. The van der Waals surface area contributed by atoms with Crippen LogP contribution in [-0.2, 0) is 10.8 Å². The topological polar surface area (TPSA) is 44.9 Å². The molecular formula is C47H52N4O. The molecule has 0 aliphatic heterocycles. The minimum absolute atomic E-state index is 0.0863. The van der Waals surface area contributed by atoms with Crippen LogP contribution in [0.4, 0.5) is 0 Å². The molecule has 3 heterocycles. The van der Waals surface area contributed by atoms with Crippen LogP contribution in [0.3, 0.4) is 0 Å². The van der Waals surface area contributed by atoms with Crippen LogP contribution >= 0.6 is 0 Å². The van der Waals surface area contributed by atoms with Crippen molar-refractivity contribution in [1.82, 2.24) is 19.3 Å². The summed E-state index contributed by atoms with van der Waals surface area (Å²) in [6, 6.07) is 30.5. The van der Waals surface area contributed by atoms with Crippen LogP contribution in [0, 0.1) is 27.7 Å². The minimum atomic E-state index is -0.105. The molecule has 4 aromatic carbocycles. The fourth-order valence-corrected chi connectivity index (χ4v) is 7.56. The van der Waals surface area contributed by atoms with Gasteiger partial charge in [-0.05, 0) is 120 Å². The summed E-state index contributed by atoms with van der Waals surface area (Å²) in [6.45, 7) is 26.8. The van der Waals surface area contributed by atoms with E-state index in [1.165, 1.54) is 49.7 Å². The maximum atomic E-state index is 6.80.